The number of benzene rings is 2. The van der Waals surface area contributed by atoms with E-state index < -0.39 is 6.04 Å². The molecule has 5 nitrogen and oxygen atoms in total. The summed E-state index contributed by atoms with van der Waals surface area (Å²) in [6.07, 6.45) is 6.76. The largest absolute Gasteiger partial charge is 0.496 e. The SMILES string of the molecule is COc1ccc(Br)cc1CN1C(=O)c2ccccc2C1C(=O)NC1CCCCCC1. The Morgan fingerprint density at radius 2 is 1.87 bits per heavy atom. The van der Waals surface area contributed by atoms with Gasteiger partial charge in [0.15, 0.2) is 0 Å². The van der Waals surface area contributed by atoms with Crippen LogP contribution >= 0.6 is 15.9 Å². The van der Waals surface area contributed by atoms with Crippen LogP contribution in [0.1, 0.15) is 66.1 Å². The molecule has 2 aliphatic rings. The van der Waals surface area contributed by atoms with Crippen molar-refractivity contribution in [1.29, 1.82) is 0 Å². The quantitative estimate of drug-likeness (QED) is 0.625. The molecule has 0 spiro atoms. The summed E-state index contributed by atoms with van der Waals surface area (Å²) in [7, 11) is 1.61. The van der Waals surface area contributed by atoms with Crippen molar-refractivity contribution in [1.82, 2.24) is 10.2 Å². The Morgan fingerprint density at radius 3 is 2.60 bits per heavy atom. The highest BCUT2D eigenvalue weighted by Crippen LogP contribution is 2.37. The maximum atomic E-state index is 13.4. The maximum Gasteiger partial charge on any atom is 0.255 e. The maximum absolute atomic E-state index is 13.4. The molecular formula is C24H27BrN2O3. The lowest BCUT2D eigenvalue weighted by atomic mass is 10.0. The molecule has 2 amide bonds. The van der Waals surface area contributed by atoms with E-state index >= 15 is 0 Å². The van der Waals surface area contributed by atoms with E-state index in [1.807, 2.05) is 42.5 Å². The second kappa shape index (κ2) is 9.21. The Balaban J connectivity index is 1.63. The monoisotopic (exact) mass is 470 g/mol. The lowest BCUT2D eigenvalue weighted by Gasteiger charge is -2.27. The van der Waals surface area contributed by atoms with Crippen molar-refractivity contribution in [3.63, 3.8) is 0 Å². The molecule has 2 aromatic rings. The van der Waals surface area contributed by atoms with Crippen molar-refractivity contribution in [2.24, 2.45) is 0 Å². The highest BCUT2D eigenvalue weighted by molar-refractivity contribution is 9.10. The molecule has 0 saturated heterocycles. The van der Waals surface area contributed by atoms with Crippen molar-refractivity contribution in [2.75, 3.05) is 7.11 Å². The summed E-state index contributed by atoms with van der Waals surface area (Å²) in [6, 6.07) is 12.7. The Hall–Kier alpha value is -2.34. The first-order valence-corrected chi connectivity index (χ1v) is 11.4. The van der Waals surface area contributed by atoms with Crippen LogP contribution in [0, 0.1) is 0 Å². The summed E-state index contributed by atoms with van der Waals surface area (Å²) >= 11 is 3.50. The molecule has 1 aliphatic heterocycles. The third kappa shape index (κ3) is 4.24. The molecule has 1 atom stereocenters. The third-order valence-corrected chi connectivity index (χ3v) is 6.58. The van der Waals surface area contributed by atoms with Crippen molar-refractivity contribution >= 4 is 27.7 Å². The molecule has 4 rings (SSSR count). The fourth-order valence-corrected chi connectivity index (χ4v) is 4.98. The highest BCUT2D eigenvalue weighted by Gasteiger charge is 2.41. The van der Waals surface area contributed by atoms with Crippen molar-refractivity contribution in [3.8, 4) is 5.75 Å². The number of carbonyl (C=O) groups excluding carboxylic acids is 2. The molecule has 1 aliphatic carbocycles. The number of rotatable bonds is 5. The van der Waals surface area contributed by atoms with Gasteiger partial charge in [0.05, 0.1) is 13.7 Å². The predicted octanol–water partition coefficient (Wildman–Crippen LogP) is 4.99. The van der Waals surface area contributed by atoms with Gasteiger partial charge in [-0.25, -0.2) is 0 Å². The van der Waals surface area contributed by atoms with Gasteiger partial charge < -0.3 is 15.0 Å². The fourth-order valence-electron chi connectivity index (χ4n) is 4.57. The molecule has 0 aromatic heterocycles. The minimum Gasteiger partial charge on any atom is -0.496 e. The molecule has 2 aromatic carbocycles. The molecule has 30 heavy (non-hydrogen) atoms. The van der Waals surface area contributed by atoms with Gasteiger partial charge in [0.2, 0.25) is 5.91 Å². The van der Waals surface area contributed by atoms with Crippen LogP contribution in [0.25, 0.3) is 0 Å². The van der Waals surface area contributed by atoms with E-state index in [0.29, 0.717) is 17.9 Å². The molecule has 6 heteroatoms. The zero-order valence-electron chi connectivity index (χ0n) is 17.2. The van der Waals surface area contributed by atoms with E-state index in [0.717, 1.165) is 41.3 Å². The molecule has 0 radical (unpaired) electrons. The fraction of sp³-hybridized carbons (Fsp3) is 0.417. The van der Waals surface area contributed by atoms with E-state index in [9.17, 15) is 9.59 Å². The lowest BCUT2D eigenvalue weighted by molar-refractivity contribution is -0.126. The lowest BCUT2D eigenvalue weighted by Crippen LogP contribution is -2.43. The van der Waals surface area contributed by atoms with Crippen LogP contribution in [0.5, 0.6) is 5.75 Å². The summed E-state index contributed by atoms with van der Waals surface area (Å²) in [4.78, 5) is 28.3. The average Bonchev–Trinajstić information content (AvgIpc) is 2.89. The third-order valence-electron chi connectivity index (χ3n) is 6.09. The van der Waals surface area contributed by atoms with Crippen LogP contribution in [0.15, 0.2) is 46.9 Å². The minimum atomic E-state index is -0.624. The van der Waals surface area contributed by atoms with Gasteiger partial charge in [-0.3, -0.25) is 9.59 Å². The van der Waals surface area contributed by atoms with Crippen LogP contribution in [0.3, 0.4) is 0 Å². The zero-order valence-corrected chi connectivity index (χ0v) is 18.8. The van der Waals surface area contributed by atoms with Crippen LogP contribution < -0.4 is 10.1 Å². The van der Waals surface area contributed by atoms with Crippen LogP contribution in [0.2, 0.25) is 0 Å². The van der Waals surface area contributed by atoms with E-state index in [1.165, 1.54) is 12.8 Å². The summed E-state index contributed by atoms with van der Waals surface area (Å²) < 4.78 is 6.40. The Labute approximate surface area is 185 Å². The van der Waals surface area contributed by atoms with Crippen LogP contribution in [-0.4, -0.2) is 29.9 Å². The number of halogens is 1. The van der Waals surface area contributed by atoms with Gasteiger partial charge in [-0.1, -0.05) is 59.8 Å². The Kier molecular flexibility index (Phi) is 6.42. The average molecular weight is 471 g/mol. The standard InChI is InChI=1S/C24H27BrN2O3/c1-30-21-13-12-17(25)14-16(21)15-27-22(19-10-6-7-11-20(19)24(27)29)23(28)26-18-8-4-2-3-5-9-18/h6-7,10-14,18,22H,2-5,8-9,15H2,1H3,(H,26,28). The first-order valence-electron chi connectivity index (χ1n) is 10.6. The normalized spacial score (nSPS) is 19.3. The number of methoxy groups -OCH3 is 1. The summed E-state index contributed by atoms with van der Waals surface area (Å²) in [6.45, 7) is 0.304. The highest BCUT2D eigenvalue weighted by atomic mass is 79.9. The number of hydrogen-bond acceptors (Lipinski definition) is 3. The molecule has 1 fully saturated rings. The molecule has 1 N–H and O–H groups in total. The first-order chi connectivity index (χ1) is 14.6. The number of nitrogens with one attached hydrogen (secondary N) is 1. The molecule has 1 saturated carbocycles. The van der Waals surface area contributed by atoms with Gasteiger partial charge in [-0.05, 0) is 42.7 Å². The van der Waals surface area contributed by atoms with Gasteiger partial charge in [0, 0.05) is 21.6 Å². The van der Waals surface area contributed by atoms with Gasteiger partial charge in [0.25, 0.3) is 5.91 Å². The van der Waals surface area contributed by atoms with E-state index in [-0.39, 0.29) is 17.9 Å². The van der Waals surface area contributed by atoms with Crippen molar-refractivity contribution in [3.05, 3.63) is 63.6 Å². The number of amides is 2. The van der Waals surface area contributed by atoms with Crippen molar-refractivity contribution < 1.29 is 14.3 Å². The van der Waals surface area contributed by atoms with E-state index in [4.69, 9.17) is 4.74 Å². The number of nitrogens with zero attached hydrogens (tertiary/aromatic N) is 1. The van der Waals surface area contributed by atoms with E-state index in [2.05, 4.69) is 21.2 Å². The van der Waals surface area contributed by atoms with Gasteiger partial charge in [-0.15, -0.1) is 0 Å². The van der Waals surface area contributed by atoms with Crippen LogP contribution in [-0.2, 0) is 11.3 Å². The number of fused-ring (bicyclic) bond motifs is 1. The van der Waals surface area contributed by atoms with Gasteiger partial charge in [-0.2, -0.15) is 0 Å². The van der Waals surface area contributed by atoms with Gasteiger partial charge in [0.1, 0.15) is 11.8 Å². The molecular weight excluding hydrogens is 444 g/mol. The Morgan fingerprint density at radius 1 is 1.13 bits per heavy atom. The Bertz CT molecular complexity index is 938. The second-order valence-corrected chi connectivity index (χ2v) is 8.99. The minimum absolute atomic E-state index is 0.0887. The second-order valence-electron chi connectivity index (χ2n) is 8.08. The molecule has 1 unspecified atom stereocenters. The van der Waals surface area contributed by atoms with Crippen LogP contribution in [0.4, 0.5) is 0 Å². The first kappa shape index (κ1) is 20.9. The number of hydrogen-bond donors (Lipinski definition) is 1. The van der Waals surface area contributed by atoms with Gasteiger partial charge >= 0.3 is 0 Å². The van der Waals surface area contributed by atoms with E-state index in [1.54, 1.807) is 12.0 Å². The number of ether oxygens (including phenoxy) is 1. The molecule has 1 heterocycles. The predicted molar refractivity (Wildman–Crippen MR) is 119 cm³/mol. The zero-order chi connectivity index (χ0) is 21.1. The topological polar surface area (TPSA) is 58.6 Å². The number of carbonyl (C=O) groups is 2. The summed E-state index contributed by atoms with van der Waals surface area (Å²) in [5.74, 6) is 0.493. The molecule has 158 valence electrons. The molecule has 0 bridgehead atoms. The summed E-state index contributed by atoms with van der Waals surface area (Å²) in [5, 5.41) is 3.24. The smallest absolute Gasteiger partial charge is 0.255 e. The van der Waals surface area contributed by atoms with Crippen molar-refractivity contribution in [2.45, 2.75) is 57.2 Å². The summed E-state index contributed by atoms with van der Waals surface area (Å²) in [5.41, 5.74) is 2.25.